The SMILES string of the molecule is Cc1cc(C(=O)N2CCCC(C)C2)ccc1NC(=O)[C@@H]1CC[C@H](C(=O)O)O1. The molecule has 3 atom stereocenters. The summed E-state index contributed by atoms with van der Waals surface area (Å²) in [7, 11) is 0. The molecule has 2 aliphatic heterocycles. The van der Waals surface area contributed by atoms with Gasteiger partial charge in [0.1, 0.15) is 6.10 Å². The van der Waals surface area contributed by atoms with Gasteiger partial charge in [-0.15, -0.1) is 0 Å². The van der Waals surface area contributed by atoms with Crippen LogP contribution in [0.3, 0.4) is 0 Å². The molecule has 0 aliphatic carbocycles. The van der Waals surface area contributed by atoms with Gasteiger partial charge in [-0.3, -0.25) is 9.59 Å². The molecular weight excluding hydrogens is 348 g/mol. The molecule has 0 spiro atoms. The van der Waals surface area contributed by atoms with E-state index in [2.05, 4.69) is 12.2 Å². The summed E-state index contributed by atoms with van der Waals surface area (Å²) in [5.74, 6) is -0.864. The van der Waals surface area contributed by atoms with Crippen LogP contribution in [0.4, 0.5) is 5.69 Å². The van der Waals surface area contributed by atoms with Gasteiger partial charge in [0.25, 0.3) is 11.8 Å². The van der Waals surface area contributed by atoms with E-state index in [0.717, 1.165) is 31.5 Å². The summed E-state index contributed by atoms with van der Waals surface area (Å²) in [6.45, 7) is 5.55. The summed E-state index contributed by atoms with van der Waals surface area (Å²) < 4.78 is 5.28. The predicted molar refractivity (Wildman–Crippen MR) is 99.6 cm³/mol. The van der Waals surface area contributed by atoms with E-state index in [4.69, 9.17) is 9.84 Å². The Morgan fingerprint density at radius 1 is 1.19 bits per heavy atom. The third-order valence-corrected chi connectivity index (χ3v) is 5.26. The van der Waals surface area contributed by atoms with E-state index >= 15 is 0 Å². The number of benzene rings is 1. The number of aryl methyl sites for hydroxylation is 1. The summed E-state index contributed by atoms with van der Waals surface area (Å²) in [5, 5.41) is 11.7. The first-order chi connectivity index (χ1) is 12.8. The molecule has 1 unspecified atom stereocenters. The molecule has 0 radical (unpaired) electrons. The summed E-state index contributed by atoms with van der Waals surface area (Å²) in [4.78, 5) is 37.9. The molecule has 146 valence electrons. The normalized spacial score (nSPS) is 25.3. The number of carboxylic acids is 1. The van der Waals surface area contributed by atoms with Crippen LogP contribution in [0.1, 0.15) is 48.5 Å². The number of carbonyl (C=O) groups excluding carboxylic acids is 2. The molecule has 0 aromatic heterocycles. The summed E-state index contributed by atoms with van der Waals surface area (Å²) in [6, 6.07) is 5.23. The zero-order valence-corrected chi connectivity index (χ0v) is 15.7. The van der Waals surface area contributed by atoms with Crippen LogP contribution in [0, 0.1) is 12.8 Å². The van der Waals surface area contributed by atoms with Gasteiger partial charge >= 0.3 is 5.97 Å². The molecule has 2 aliphatic rings. The van der Waals surface area contributed by atoms with Crippen molar-refractivity contribution in [1.29, 1.82) is 0 Å². The lowest BCUT2D eigenvalue weighted by molar-refractivity contribution is -0.150. The number of rotatable bonds is 4. The Hall–Kier alpha value is -2.41. The van der Waals surface area contributed by atoms with Crippen molar-refractivity contribution in [2.75, 3.05) is 18.4 Å². The van der Waals surface area contributed by atoms with Gasteiger partial charge in [0, 0.05) is 24.3 Å². The smallest absolute Gasteiger partial charge is 0.332 e. The Morgan fingerprint density at radius 2 is 1.93 bits per heavy atom. The zero-order chi connectivity index (χ0) is 19.6. The molecular formula is C20H26N2O5. The fourth-order valence-electron chi connectivity index (χ4n) is 3.72. The lowest BCUT2D eigenvalue weighted by atomic mass is 9.99. The summed E-state index contributed by atoms with van der Waals surface area (Å²) in [5.41, 5.74) is 2.00. The number of carboxylic acid groups (broad SMARTS) is 1. The minimum absolute atomic E-state index is 0.0194. The molecule has 2 fully saturated rings. The van der Waals surface area contributed by atoms with E-state index in [1.807, 2.05) is 11.8 Å². The second-order valence-electron chi connectivity index (χ2n) is 7.55. The van der Waals surface area contributed by atoms with Crippen LogP contribution in [-0.4, -0.2) is 53.1 Å². The molecule has 2 heterocycles. The van der Waals surface area contributed by atoms with E-state index in [0.29, 0.717) is 30.0 Å². The average Bonchev–Trinajstić information content (AvgIpc) is 3.13. The second kappa shape index (κ2) is 8.08. The molecule has 1 aromatic carbocycles. The van der Waals surface area contributed by atoms with Gasteiger partial charge < -0.3 is 20.1 Å². The lowest BCUT2D eigenvalue weighted by Gasteiger charge is -2.31. The number of hydrogen-bond donors (Lipinski definition) is 2. The molecule has 27 heavy (non-hydrogen) atoms. The number of ether oxygens (including phenoxy) is 1. The Bertz CT molecular complexity index is 748. The number of likely N-dealkylation sites (tertiary alicyclic amines) is 1. The molecule has 2 amide bonds. The molecule has 0 bridgehead atoms. The van der Waals surface area contributed by atoms with Crippen LogP contribution in [0.2, 0.25) is 0 Å². The maximum atomic E-state index is 12.7. The van der Waals surface area contributed by atoms with Gasteiger partial charge in [-0.25, -0.2) is 4.79 Å². The minimum Gasteiger partial charge on any atom is -0.479 e. The Labute approximate surface area is 158 Å². The molecule has 2 N–H and O–H groups in total. The monoisotopic (exact) mass is 374 g/mol. The minimum atomic E-state index is -1.05. The molecule has 1 aromatic rings. The van der Waals surface area contributed by atoms with E-state index in [1.165, 1.54) is 0 Å². The standard InChI is InChI=1S/C20H26N2O5/c1-12-4-3-9-22(11-12)19(24)14-5-6-15(13(2)10-14)21-18(23)16-7-8-17(27-16)20(25)26/h5-6,10,12,16-17H,3-4,7-9,11H2,1-2H3,(H,21,23)(H,25,26)/t12?,16-,17+/m0/s1. The molecule has 3 rings (SSSR count). The first kappa shape index (κ1) is 19.4. The topological polar surface area (TPSA) is 95.9 Å². The number of hydrogen-bond acceptors (Lipinski definition) is 4. The van der Waals surface area contributed by atoms with E-state index in [9.17, 15) is 14.4 Å². The van der Waals surface area contributed by atoms with E-state index < -0.39 is 18.2 Å². The summed E-state index contributed by atoms with van der Waals surface area (Å²) >= 11 is 0. The highest BCUT2D eigenvalue weighted by Crippen LogP contribution is 2.24. The van der Waals surface area contributed by atoms with Crippen molar-refractivity contribution >= 4 is 23.5 Å². The third kappa shape index (κ3) is 4.47. The fourth-order valence-corrected chi connectivity index (χ4v) is 3.72. The van der Waals surface area contributed by atoms with E-state index in [1.54, 1.807) is 18.2 Å². The van der Waals surface area contributed by atoms with Crippen molar-refractivity contribution < 1.29 is 24.2 Å². The first-order valence-electron chi connectivity index (χ1n) is 9.44. The van der Waals surface area contributed by atoms with Crippen LogP contribution < -0.4 is 5.32 Å². The number of aliphatic carboxylic acids is 1. The first-order valence-corrected chi connectivity index (χ1v) is 9.44. The maximum absolute atomic E-state index is 12.7. The van der Waals surface area contributed by atoms with Crippen LogP contribution >= 0.6 is 0 Å². The fraction of sp³-hybridized carbons (Fsp3) is 0.550. The van der Waals surface area contributed by atoms with Gasteiger partial charge in [0.15, 0.2) is 6.10 Å². The predicted octanol–water partition coefficient (Wildman–Crippen LogP) is 2.44. The van der Waals surface area contributed by atoms with Crippen LogP contribution in [0.15, 0.2) is 18.2 Å². The zero-order valence-electron chi connectivity index (χ0n) is 15.7. The average molecular weight is 374 g/mol. The lowest BCUT2D eigenvalue weighted by Crippen LogP contribution is -2.39. The number of carbonyl (C=O) groups is 3. The Kier molecular flexibility index (Phi) is 5.79. The van der Waals surface area contributed by atoms with Gasteiger partial charge in [0.05, 0.1) is 0 Å². The van der Waals surface area contributed by atoms with Crippen molar-refractivity contribution in [1.82, 2.24) is 4.90 Å². The van der Waals surface area contributed by atoms with Crippen LogP contribution in [-0.2, 0) is 14.3 Å². The number of nitrogens with one attached hydrogen (secondary N) is 1. The number of piperidine rings is 1. The number of nitrogens with zero attached hydrogens (tertiary/aromatic N) is 1. The molecule has 0 saturated carbocycles. The van der Waals surface area contributed by atoms with Gasteiger partial charge in [-0.1, -0.05) is 6.92 Å². The van der Waals surface area contributed by atoms with Crippen molar-refractivity contribution in [3.63, 3.8) is 0 Å². The van der Waals surface area contributed by atoms with Gasteiger partial charge in [0.2, 0.25) is 0 Å². The highest BCUT2D eigenvalue weighted by Gasteiger charge is 2.34. The van der Waals surface area contributed by atoms with Crippen LogP contribution in [0.25, 0.3) is 0 Å². The number of anilines is 1. The van der Waals surface area contributed by atoms with Crippen molar-refractivity contribution in [3.8, 4) is 0 Å². The largest absolute Gasteiger partial charge is 0.479 e. The summed E-state index contributed by atoms with van der Waals surface area (Å²) in [6.07, 6.45) is 1.20. The molecule has 7 heteroatoms. The Balaban J connectivity index is 1.64. The van der Waals surface area contributed by atoms with Gasteiger partial charge in [-0.2, -0.15) is 0 Å². The molecule has 2 saturated heterocycles. The number of amides is 2. The van der Waals surface area contributed by atoms with Crippen molar-refractivity contribution in [3.05, 3.63) is 29.3 Å². The van der Waals surface area contributed by atoms with E-state index in [-0.39, 0.29) is 11.8 Å². The maximum Gasteiger partial charge on any atom is 0.332 e. The second-order valence-corrected chi connectivity index (χ2v) is 7.55. The van der Waals surface area contributed by atoms with Crippen molar-refractivity contribution in [2.45, 2.75) is 51.7 Å². The van der Waals surface area contributed by atoms with Crippen molar-refractivity contribution in [2.24, 2.45) is 5.92 Å². The highest BCUT2D eigenvalue weighted by atomic mass is 16.5. The van der Waals surface area contributed by atoms with Gasteiger partial charge in [-0.05, 0) is 62.3 Å². The molecule has 7 nitrogen and oxygen atoms in total. The Morgan fingerprint density at radius 3 is 2.56 bits per heavy atom. The quantitative estimate of drug-likeness (QED) is 0.844. The third-order valence-electron chi connectivity index (χ3n) is 5.26. The highest BCUT2D eigenvalue weighted by molar-refractivity contribution is 5.98. The van der Waals surface area contributed by atoms with Crippen LogP contribution in [0.5, 0.6) is 0 Å².